The molecule has 1 unspecified atom stereocenters. The molecule has 1 atom stereocenters. The average molecular weight is 292 g/mol. The van der Waals surface area contributed by atoms with E-state index in [4.69, 9.17) is 0 Å². The van der Waals surface area contributed by atoms with Crippen molar-refractivity contribution in [2.24, 2.45) is 0 Å². The van der Waals surface area contributed by atoms with Crippen molar-refractivity contribution in [1.82, 2.24) is 10.3 Å². The van der Waals surface area contributed by atoms with Gasteiger partial charge in [-0.2, -0.15) is 0 Å². The lowest BCUT2D eigenvalue weighted by atomic mass is 9.96. The number of aromatic hydroxyl groups is 1. The molecule has 3 nitrogen and oxygen atoms in total. The lowest BCUT2D eigenvalue weighted by Gasteiger charge is -2.21. The van der Waals surface area contributed by atoms with E-state index in [1.54, 1.807) is 6.20 Å². The van der Waals surface area contributed by atoms with Gasteiger partial charge in [-0.25, -0.2) is 0 Å². The van der Waals surface area contributed by atoms with E-state index in [0.717, 1.165) is 29.5 Å². The molecular weight excluding hydrogens is 272 g/mol. The molecule has 0 radical (unpaired) electrons. The minimum Gasteiger partial charge on any atom is -0.505 e. The second-order valence-electron chi connectivity index (χ2n) is 5.38. The Balaban J connectivity index is 2.09. The van der Waals surface area contributed by atoms with Gasteiger partial charge in [0.1, 0.15) is 11.3 Å². The molecule has 0 spiro atoms. The Bertz CT molecular complexity index is 756. The summed E-state index contributed by atoms with van der Waals surface area (Å²) in [7, 11) is 0. The molecule has 0 bridgehead atoms. The first kappa shape index (κ1) is 14.5. The Morgan fingerprint density at radius 3 is 2.64 bits per heavy atom. The zero-order valence-electron chi connectivity index (χ0n) is 12.7. The van der Waals surface area contributed by atoms with Crippen LogP contribution in [0.1, 0.15) is 30.5 Å². The van der Waals surface area contributed by atoms with Gasteiger partial charge in [0.15, 0.2) is 0 Å². The van der Waals surface area contributed by atoms with Gasteiger partial charge in [-0.15, -0.1) is 0 Å². The highest BCUT2D eigenvalue weighted by Gasteiger charge is 2.18. The van der Waals surface area contributed by atoms with E-state index in [2.05, 4.69) is 29.4 Å². The van der Waals surface area contributed by atoms with E-state index in [9.17, 15) is 5.11 Å². The summed E-state index contributed by atoms with van der Waals surface area (Å²) in [4.78, 5) is 4.32. The van der Waals surface area contributed by atoms with Crippen LogP contribution in [0.5, 0.6) is 5.75 Å². The van der Waals surface area contributed by atoms with Crippen LogP contribution in [-0.2, 0) is 0 Å². The number of phenols is 1. The topological polar surface area (TPSA) is 45.2 Å². The fourth-order valence-electron chi connectivity index (χ4n) is 2.72. The lowest BCUT2D eigenvalue weighted by molar-refractivity contribution is 0.462. The highest BCUT2D eigenvalue weighted by atomic mass is 16.3. The molecule has 22 heavy (non-hydrogen) atoms. The Morgan fingerprint density at radius 1 is 1.05 bits per heavy atom. The highest BCUT2D eigenvalue weighted by Crippen LogP contribution is 2.34. The molecule has 1 aromatic heterocycles. The lowest BCUT2D eigenvalue weighted by Crippen LogP contribution is -2.23. The first-order valence-electron chi connectivity index (χ1n) is 7.66. The monoisotopic (exact) mass is 292 g/mol. The van der Waals surface area contributed by atoms with Gasteiger partial charge in [0.05, 0.1) is 6.04 Å². The number of hydrogen-bond donors (Lipinski definition) is 2. The van der Waals surface area contributed by atoms with Crippen LogP contribution < -0.4 is 5.32 Å². The Labute approximate surface area is 130 Å². The van der Waals surface area contributed by atoms with E-state index in [0.29, 0.717) is 5.52 Å². The maximum atomic E-state index is 10.7. The van der Waals surface area contributed by atoms with Gasteiger partial charge in [0, 0.05) is 17.1 Å². The van der Waals surface area contributed by atoms with Gasteiger partial charge in [0.2, 0.25) is 0 Å². The number of phenolic OH excluding ortho intramolecular Hbond substituents is 1. The molecule has 3 heteroatoms. The van der Waals surface area contributed by atoms with Crippen LogP contribution in [0.3, 0.4) is 0 Å². The van der Waals surface area contributed by atoms with Crippen molar-refractivity contribution < 1.29 is 5.11 Å². The highest BCUT2D eigenvalue weighted by molar-refractivity contribution is 5.85. The zero-order chi connectivity index (χ0) is 15.4. The third kappa shape index (κ3) is 2.81. The van der Waals surface area contributed by atoms with Gasteiger partial charge >= 0.3 is 0 Å². The van der Waals surface area contributed by atoms with Gasteiger partial charge < -0.3 is 10.4 Å². The summed E-state index contributed by atoms with van der Waals surface area (Å²) in [5.74, 6) is 0.260. The molecule has 0 aliphatic rings. The first-order chi connectivity index (χ1) is 10.8. The summed E-state index contributed by atoms with van der Waals surface area (Å²) >= 11 is 0. The predicted molar refractivity (Wildman–Crippen MR) is 90.0 cm³/mol. The molecule has 0 amide bonds. The van der Waals surface area contributed by atoms with Gasteiger partial charge in [0.25, 0.3) is 0 Å². The van der Waals surface area contributed by atoms with Gasteiger partial charge in [-0.3, -0.25) is 4.98 Å². The largest absolute Gasteiger partial charge is 0.505 e. The summed E-state index contributed by atoms with van der Waals surface area (Å²) < 4.78 is 0. The minimum atomic E-state index is -0.0347. The average Bonchev–Trinajstić information content (AvgIpc) is 2.58. The number of aromatic nitrogens is 1. The molecular formula is C19H20N2O. The minimum absolute atomic E-state index is 0.0347. The Kier molecular flexibility index (Phi) is 4.35. The molecule has 3 aromatic rings. The summed E-state index contributed by atoms with van der Waals surface area (Å²) in [5, 5.41) is 15.1. The number of hydrogen-bond acceptors (Lipinski definition) is 3. The van der Waals surface area contributed by atoms with Crippen LogP contribution in [-0.4, -0.2) is 16.6 Å². The van der Waals surface area contributed by atoms with E-state index >= 15 is 0 Å². The molecule has 0 saturated heterocycles. The van der Waals surface area contributed by atoms with Crippen molar-refractivity contribution in [2.45, 2.75) is 19.4 Å². The molecule has 1 heterocycles. The zero-order valence-corrected chi connectivity index (χ0v) is 12.7. The third-order valence-electron chi connectivity index (χ3n) is 3.82. The number of fused-ring (bicyclic) bond motifs is 1. The molecule has 0 aliphatic heterocycles. The smallest absolute Gasteiger partial charge is 0.146 e. The molecule has 112 valence electrons. The number of benzene rings is 2. The van der Waals surface area contributed by atoms with Gasteiger partial charge in [-0.1, -0.05) is 55.5 Å². The van der Waals surface area contributed by atoms with Crippen LogP contribution >= 0.6 is 0 Å². The predicted octanol–water partition coefficient (Wildman–Crippen LogP) is 4.03. The maximum absolute atomic E-state index is 10.7. The van der Waals surface area contributed by atoms with Crippen molar-refractivity contribution in [2.75, 3.05) is 6.54 Å². The Morgan fingerprint density at radius 2 is 1.86 bits per heavy atom. The van der Waals surface area contributed by atoms with Crippen molar-refractivity contribution in [3.8, 4) is 5.75 Å². The van der Waals surface area contributed by atoms with Crippen LogP contribution in [0.4, 0.5) is 0 Å². The first-order valence-corrected chi connectivity index (χ1v) is 7.66. The molecule has 2 N–H and O–H groups in total. The molecule has 3 rings (SSSR count). The summed E-state index contributed by atoms with van der Waals surface area (Å²) in [6.45, 7) is 3.02. The SMILES string of the molecule is CCCNC(c1ccccc1)c1ccc2cccnc2c1O. The fourth-order valence-corrected chi connectivity index (χ4v) is 2.72. The maximum Gasteiger partial charge on any atom is 0.146 e. The van der Waals surface area contributed by atoms with E-state index < -0.39 is 0 Å². The van der Waals surface area contributed by atoms with Crippen LogP contribution in [0.2, 0.25) is 0 Å². The summed E-state index contributed by atoms with van der Waals surface area (Å²) in [6.07, 6.45) is 2.75. The molecule has 0 saturated carbocycles. The van der Waals surface area contributed by atoms with Crippen molar-refractivity contribution in [3.05, 3.63) is 71.9 Å². The van der Waals surface area contributed by atoms with Crippen molar-refractivity contribution in [1.29, 1.82) is 0 Å². The van der Waals surface area contributed by atoms with Crippen LogP contribution in [0.15, 0.2) is 60.8 Å². The second-order valence-corrected chi connectivity index (χ2v) is 5.38. The molecule has 2 aromatic carbocycles. The van der Waals surface area contributed by atoms with E-state index in [1.165, 1.54) is 0 Å². The number of rotatable bonds is 5. The number of nitrogens with zero attached hydrogens (tertiary/aromatic N) is 1. The number of pyridine rings is 1. The van der Waals surface area contributed by atoms with E-state index in [-0.39, 0.29) is 11.8 Å². The quantitative estimate of drug-likeness (QED) is 0.746. The normalized spacial score (nSPS) is 12.4. The van der Waals surface area contributed by atoms with Crippen LogP contribution in [0.25, 0.3) is 10.9 Å². The summed E-state index contributed by atoms with van der Waals surface area (Å²) in [6, 6.07) is 18.0. The fraction of sp³-hybridized carbons (Fsp3) is 0.211. The van der Waals surface area contributed by atoms with Crippen molar-refractivity contribution in [3.63, 3.8) is 0 Å². The Hall–Kier alpha value is -2.39. The van der Waals surface area contributed by atoms with E-state index in [1.807, 2.05) is 42.5 Å². The van der Waals surface area contributed by atoms with Crippen molar-refractivity contribution >= 4 is 10.9 Å². The van der Waals surface area contributed by atoms with Crippen LogP contribution in [0, 0.1) is 0 Å². The molecule has 0 aliphatic carbocycles. The third-order valence-corrected chi connectivity index (χ3v) is 3.82. The number of nitrogens with one attached hydrogen (secondary N) is 1. The molecule has 0 fully saturated rings. The standard InChI is InChI=1S/C19H20N2O/c1-2-12-20-17(14-7-4-3-5-8-14)16-11-10-15-9-6-13-21-18(15)19(16)22/h3-11,13,17,20,22H,2,12H2,1H3. The second kappa shape index (κ2) is 6.58. The summed E-state index contributed by atoms with van der Waals surface area (Å²) in [5.41, 5.74) is 2.66. The van der Waals surface area contributed by atoms with Gasteiger partial charge in [-0.05, 0) is 24.6 Å².